The zero-order chi connectivity index (χ0) is 15.9. The molecule has 7 nitrogen and oxygen atoms in total. The lowest BCUT2D eigenvalue weighted by Gasteiger charge is -2.04. The van der Waals surface area contributed by atoms with E-state index in [0.29, 0.717) is 10.2 Å². The summed E-state index contributed by atoms with van der Waals surface area (Å²) in [4.78, 5) is 19.9. The van der Waals surface area contributed by atoms with Crippen molar-refractivity contribution in [3.8, 4) is 11.8 Å². The van der Waals surface area contributed by atoms with Gasteiger partial charge in [0.05, 0.1) is 4.47 Å². The zero-order valence-corrected chi connectivity index (χ0v) is 12.7. The van der Waals surface area contributed by atoms with Gasteiger partial charge >= 0.3 is 0 Å². The fraction of sp³-hybridized carbons (Fsp3) is 0. The predicted octanol–water partition coefficient (Wildman–Crippen LogP) is 2.40. The first-order valence-corrected chi connectivity index (χ1v) is 6.82. The molecule has 2 aromatic rings. The number of nitrogens with zero attached hydrogens (tertiary/aromatic N) is 3. The molecule has 22 heavy (non-hydrogen) atoms. The van der Waals surface area contributed by atoms with E-state index in [0.717, 1.165) is 0 Å². The lowest BCUT2D eigenvalue weighted by Crippen LogP contribution is -2.14. The van der Waals surface area contributed by atoms with Crippen molar-refractivity contribution in [3.05, 3.63) is 52.9 Å². The van der Waals surface area contributed by atoms with Gasteiger partial charge in [0, 0.05) is 24.3 Å². The third-order valence-electron chi connectivity index (χ3n) is 2.46. The number of hydrogen-bond donors (Lipinski definition) is 3. The Labute approximate surface area is 134 Å². The molecule has 3 N–H and O–H groups in total. The standard InChI is InChI=1S/C14H10BrN5O2/c15-10-7-18-14(19-8-10)17-6-9(5-16)13(22)20-11-1-3-12(21)4-2-11/h1-4,6-8,21H,(H,20,22)(H,17,18,19)/b9-6-. The summed E-state index contributed by atoms with van der Waals surface area (Å²) in [6, 6.07) is 7.69. The lowest BCUT2D eigenvalue weighted by molar-refractivity contribution is -0.112. The molecule has 0 saturated carbocycles. The lowest BCUT2D eigenvalue weighted by atomic mass is 10.2. The number of amides is 1. The second-order valence-corrected chi connectivity index (χ2v) is 4.96. The summed E-state index contributed by atoms with van der Waals surface area (Å²) in [7, 11) is 0. The Balaban J connectivity index is 2.05. The maximum atomic E-state index is 12.0. The van der Waals surface area contributed by atoms with Crippen LogP contribution in [0.4, 0.5) is 11.6 Å². The van der Waals surface area contributed by atoms with Crippen LogP contribution in [0.2, 0.25) is 0 Å². The van der Waals surface area contributed by atoms with Gasteiger partial charge in [0.25, 0.3) is 5.91 Å². The van der Waals surface area contributed by atoms with Gasteiger partial charge in [-0.05, 0) is 40.2 Å². The Morgan fingerprint density at radius 3 is 2.50 bits per heavy atom. The van der Waals surface area contributed by atoms with E-state index in [9.17, 15) is 9.90 Å². The second-order valence-electron chi connectivity index (χ2n) is 4.04. The molecular weight excluding hydrogens is 350 g/mol. The normalized spacial score (nSPS) is 10.6. The van der Waals surface area contributed by atoms with E-state index in [2.05, 4.69) is 36.5 Å². The molecule has 0 aliphatic rings. The van der Waals surface area contributed by atoms with Crippen molar-refractivity contribution in [2.45, 2.75) is 0 Å². The van der Waals surface area contributed by atoms with Gasteiger partial charge in [-0.1, -0.05) is 0 Å². The highest BCUT2D eigenvalue weighted by Crippen LogP contribution is 2.14. The molecule has 1 aromatic heterocycles. The van der Waals surface area contributed by atoms with Crippen LogP contribution in [-0.2, 0) is 4.79 Å². The molecule has 0 spiro atoms. The third-order valence-corrected chi connectivity index (χ3v) is 2.87. The van der Waals surface area contributed by atoms with Crippen molar-refractivity contribution in [3.63, 3.8) is 0 Å². The summed E-state index contributed by atoms with van der Waals surface area (Å²) in [5.41, 5.74) is 0.323. The van der Waals surface area contributed by atoms with E-state index < -0.39 is 5.91 Å². The predicted molar refractivity (Wildman–Crippen MR) is 83.8 cm³/mol. The van der Waals surface area contributed by atoms with Gasteiger partial charge in [0.15, 0.2) is 0 Å². The summed E-state index contributed by atoms with van der Waals surface area (Å²) >= 11 is 3.20. The average molecular weight is 360 g/mol. The molecule has 0 aliphatic carbocycles. The van der Waals surface area contributed by atoms with Gasteiger partial charge in [0.1, 0.15) is 17.4 Å². The Bertz CT molecular complexity index is 735. The number of aromatic hydroxyl groups is 1. The molecule has 0 bridgehead atoms. The van der Waals surface area contributed by atoms with Gasteiger partial charge in [-0.2, -0.15) is 5.26 Å². The van der Waals surface area contributed by atoms with E-state index in [1.165, 1.54) is 42.9 Å². The first-order chi connectivity index (χ1) is 10.6. The Kier molecular flexibility index (Phi) is 5.06. The van der Waals surface area contributed by atoms with E-state index in [4.69, 9.17) is 5.26 Å². The Morgan fingerprint density at radius 2 is 1.91 bits per heavy atom. The molecule has 1 aromatic carbocycles. The molecule has 0 saturated heterocycles. The molecule has 0 atom stereocenters. The van der Waals surface area contributed by atoms with Crippen LogP contribution in [-0.4, -0.2) is 21.0 Å². The van der Waals surface area contributed by atoms with Crippen LogP contribution in [0, 0.1) is 11.3 Å². The number of carbonyl (C=O) groups excluding carboxylic acids is 1. The SMILES string of the molecule is N#C/C(=C/Nc1ncc(Br)cn1)C(=O)Nc1ccc(O)cc1. The number of benzene rings is 1. The van der Waals surface area contributed by atoms with E-state index in [1.807, 2.05) is 0 Å². The number of anilines is 2. The van der Waals surface area contributed by atoms with Crippen molar-refractivity contribution in [1.82, 2.24) is 9.97 Å². The highest BCUT2D eigenvalue weighted by molar-refractivity contribution is 9.10. The molecule has 1 amide bonds. The third kappa shape index (κ3) is 4.29. The van der Waals surface area contributed by atoms with Gasteiger partial charge in [0.2, 0.25) is 5.95 Å². The maximum Gasteiger partial charge on any atom is 0.267 e. The summed E-state index contributed by atoms with van der Waals surface area (Å²) < 4.78 is 0.715. The minimum absolute atomic E-state index is 0.0862. The number of phenols is 1. The highest BCUT2D eigenvalue weighted by atomic mass is 79.9. The van der Waals surface area contributed by atoms with Gasteiger partial charge in [-0.25, -0.2) is 9.97 Å². The number of nitriles is 1. The van der Waals surface area contributed by atoms with Crippen molar-refractivity contribution in [2.24, 2.45) is 0 Å². The zero-order valence-electron chi connectivity index (χ0n) is 11.1. The Hall–Kier alpha value is -2.92. The average Bonchev–Trinajstić information content (AvgIpc) is 2.52. The van der Waals surface area contributed by atoms with Gasteiger partial charge in [-0.3, -0.25) is 4.79 Å². The van der Waals surface area contributed by atoms with Crippen molar-refractivity contribution in [2.75, 3.05) is 10.6 Å². The molecule has 0 unspecified atom stereocenters. The van der Waals surface area contributed by atoms with Crippen molar-refractivity contribution < 1.29 is 9.90 Å². The number of phenolic OH excluding ortho intramolecular Hbond substituents is 1. The van der Waals surface area contributed by atoms with Crippen molar-refractivity contribution >= 4 is 33.5 Å². The smallest absolute Gasteiger partial charge is 0.267 e. The number of nitrogens with one attached hydrogen (secondary N) is 2. The largest absolute Gasteiger partial charge is 0.508 e. The van der Waals surface area contributed by atoms with Crippen LogP contribution in [0.1, 0.15) is 0 Å². The fourth-order valence-electron chi connectivity index (χ4n) is 1.42. The summed E-state index contributed by atoms with van der Waals surface area (Å²) in [5.74, 6) is -0.241. The first-order valence-electron chi connectivity index (χ1n) is 6.03. The number of aromatic nitrogens is 2. The fourth-order valence-corrected chi connectivity index (χ4v) is 1.62. The van der Waals surface area contributed by atoms with Crippen LogP contribution >= 0.6 is 15.9 Å². The summed E-state index contributed by atoms with van der Waals surface area (Å²) in [5, 5.41) is 23.4. The van der Waals surface area contributed by atoms with Crippen LogP contribution in [0.5, 0.6) is 5.75 Å². The number of rotatable bonds is 4. The molecule has 0 fully saturated rings. The molecule has 0 radical (unpaired) electrons. The topological polar surface area (TPSA) is 111 Å². The van der Waals surface area contributed by atoms with Gasteiger partial charge in [-0.15, -0.1) is 0 Å². The number of halogens is 1. The quantitative estimate of drug-likeness (QED) is 0.439. The highest BCUT2D eigenvalue weighted by Gasteiger charge is 2.09. The van der Waals surface area contributed by atoms with Crippen LogP contribution in [0.25, 0.3) is 0 Å². The minimum atomic E-state index is -0.585. The molecule has 2 rings (SSSR count). The first kappa shape index (κ1) is 15.5. The molecular formula is C14H10BrN5O2. The summed E-state index contributed by atoms with van der Waals surface area (Å²) in [6.45, 7) is 0. The number of hydrogen-bond acceptors (Lipinski definition) is 6. The Morgan fingerprint density at radius 1 is 1.27 bits per heavy atom. The molecule has 110 valence electrons. The second kappa shape index (κ2) is 7.19. The molecule has 8 heteroatoms. The monoisotopic (exact) mass is 359 g/mol. The van der Waals surface area contributed by atoms with Crippen LogP contribution < -0.4 is 10.6 Å². The van der Waals surface area contributed by atoms with Gasteiger partial charge < -0.3 is 15.7 Å². The summed E-state index contributed by atoms with van der Waals surface area (Å²) in [6.07, 6.45) is 4.29. The minimum Gasteiger partial charge on any atom is -0.508 e. The van der Waals surface area contributed by atoms with Crippen LogP contribution in [0.3, 0.4) is 0 Å². The number of carbonyl (C=O) groups is 1. The van der Waals surface area contributed by atoms with E-state index >= 15 is 0 Å². The molecule has 0 aliphatic heterocycles. The van der Waals surface area contributed by atoms with Crippen LogP contribution in [0.15, 0.2) is 52.9 Å². The van der Waals surface area contributed by atoms with Crippen molar-refractivity contribution in [1.29, 1.82) is 5.26 Å². The van der Waals surface area contributed by atoms with E-state index in [1.54, 1.807) is 6.07 Å². The molecule has 1 heterocycles. The van der Waals surface area contributed by atoms with E-state index in [-0.39, 0.29) is 17.3 Å². The maximum absolute atomic E-state index is 12.0.